The van der Waals surface area contributed by atoms with Crippen molar-refractivity contribution >= 4 is 5.97 Å². The Bertz CT molecular complexity index is 430. The van der Waals surface area contributed by atoms with E-state index in [2.05, 4.69) is 4.90 Å². The number of hydrogen-bond acceptors (Lipinski definition) is 11. The molecule has 1 aliphatic rings. The number of hydrogen-bond donors (Lipinski definition) is 3. The maximum Gasteiger partial charge on any atom is 0.305 e. The molecule has 0 unspecified atom stereocenters. The molecule has 1 rings (SSSR count). The minimum atomic E-state index is -0.713. The van der Waals surface area contributed by atoms with E-state index in [1.807, 2.05) is 0 Å². The van der Waals surface area contributed by atoms with Crippen molar-refractivity contribution in [3.63, 3.8) is 0 Å². The zero-order chi connectivity index (χ0) is 23.3. The Morgan fingerprint density at radius 2 is 1.22 bits per heavy atom. The summed E-state index contributed by atoms with van der Waals surface area (Å²) in [5.74, 6) is -0.962. The third-order valence-electron chi connectivity index (χ3n) is 4.86. The van der Waals surface area contributed by atoms with Gasteiger partial charge in [0.1, 0.15) is 6.61 Å². The van der Waals surface area contributed by atoms with Gasteiger partial charge in [-0.25, -0.2) is 0 Å². The van der Waals surface area contributed by atoms with E-state index >= 15 is 0 Å². The molecular weight excluding hydrogens is 426 g/mol. The molecule has 3 N–H and O–H groups in total. The number of aliphatic hydroxyl groups excluding tert-OH is 3. The largest absolute Gasteiger partial charge is 0.463 e. The summed E-state index contributed by atoms with van der Waals surface area (Å²) in [5, 5.41) is 26.2. The number of carbonyl (C=O) groups is 1. The van der Waals surface area contributed by atoms with E-state index < -0.39 is 5.79 Å². The van der Waals surface area contributed by atoms with E-state index in [9.17, 15) is 4.79 Å². The number of esters is 1. The number of ether oxygens (including phenoxy) is 6. The summed E-state index contributed by atoms with van der Waals surface area (Å²) in [5.41, 5.74) is 0. The molecule has 0 atom stereocenters. The van der Waals surface area contributed by atoms with Crippen LogP contribution in [0.1, 0.15) is 25.7 Å². The van der Waals surface area contributed by atoms with Crippen LogP contribution >= 0.6 is 0 Å². The van der Waals surface area contributed by atoms with Gasteiger partial charge in [-0.1, -0.05) is 0 Å². The molecule has 0 spiro atoms. The van der Waals surface area contributed by atoms with Gasteiger partial charge in [-0.2, -0.15) is 0 Å². The fourth-order valence-corrected chi connectivity index (χ4v) is 3.25. The third-order valence-corrected chi connectivity index (χ3v) is 4.86. The van der Waals surface area contributed by atoms with Crippen molar-refractivity contribution in [3.8, 4) is 0 Å². The lowest BCUT2D eigenvalue weighted by atomic mass is 10.0. The lowest BCUT2D eigenvalue weighted by Gasteiger charge is -2.41. The van der Waals surface area contributed by atoms with Crippen LogP contribution in [0.2, 0.25) is 0 Å². The van der Waals surface area contributed by atoms with Crippen LogP contribution < -0.4 is 0 Å². The number of piperidine rings is 1. The van der Waals surface area contributed by atoms with Crippen LogP contribution in [-0.2, 0) is 33.2 Å². The second-order valence-corrected chi connectivity index (χ2v) is 7.28. The van der Waals surface area contributed by atoms with Gasteiger partial charge in [0.05, 0.1) is 72.7 Å². The molecule has 0 saturated carbocycles. The molecule has 0 aromatic carbocycles. The van der Waals surface area contributed by atoms with Gasteiger partial charge in [0.25, 0.3) is 0 Å². The number of carbonyl (C=O) groups excluding carboxylic acids is 1. The average Bonchev–Trinajstić information content (AvgIpc) is 2.80. The van der Waals surface area contributed by atoms with Crippen molar-refractivity contribution in [3.05, 3.63) is 0 Å². The molecule has 0 bridgehead atoms. The molecule has 190 valence electrons. The topological polar surface area (TPSA) is 136 Å². The molecule has 0 aliphatic carbocycles. The molecule has 11 heteroatoms. The van der Waals surface area contributed by atoms with Gasteiger partial charge >= 0.3 is 5.97 Å². The number of likely N-dealkylation sites (tertiary alicyclic amines) is 1. The monoisotopic (exact) mass is 467 g/mol. The maximum absolute atomic E-state index is 11.8. The minimum Gasteiger partial charge on any atom is -0.463 e. The summed E-state index contributed by atoms with van der Waals surface area (Å²) in [6.45, 7) is 5.01. The predicted molar refractivity (Wildman–Crippen MR) is 114 cm³/mol. The molecule has 0 aromatic heterocycles. The van der Waals surface area contributed by atoms with Crippen LogP contribution in [0.3, 0.4) is 0 Å². The Morgan fingerprint density at radius 1 is 0.719 bits per heavy atom. The van der Waals surface area contributed by atoms with E-state index in [1.165, 1.54) is 0 Å². The van der Waals surface area contributed by atoms with Crippen LogP contribution in [0.5, 0.6) is 0 Å². The minimum absolute atomic E-state index is 0.0240. The quantitative estimate of drug-likeness (QED) is 0.111. The Labute approximate surface area is 190 Å². The van der Waals surface area contributed by atoms with Crippen LogP contribution in [0.15, 0.2) is 0 Å². The first-order valence-electron chi connectivity index (χ1n) is 11.4. The zero-order valence-electron chi connectivity index (χ0n) is 19.1. The Morgan fingerprint density at radius 3 is 1.72 bits per heavy atom. The third kappa shape index (κ3) is 14.3. The number of nitrogens with zero attached hydrogens (tertiary/aromatic N) is 1. The lowest BCUT2D eigenvalue weighted by Crippen LogP contribution is -2.49. The van der Waals surface area contributed by atoms with Crippen LogP contribution in [0.4, 0.5) is 0 Å². The smallest absolute Gasteiger partial charge is 0.305 e. The van der Waals surface area contributed by atoms with Crippen LogP contribution in [0.25, 0.3) is 0 Å². The van der Waals surface area contributed by atoms with Gasteiger partial charge < -0.3 is 48.6 Å². The highest BCUT2D eigenvalue weighted by molar-refractivity contribution is 5.69. The molecule has 1 saturated heterocycles. The Kier molecular flexibility index (Phi) is 17.8. The highest BCUT2D eigenvalue weighted by Gasteiger charge is 2.36. The summed E-state index contributed by atoms with van der Waals surface area (Å²) < 4.78 is 32.7. The molecule has 0 aromatic rings. The molecule has 0 amide bonds. The van der Waals surface area contributed by atoms with Crippen LogP contribution in [0, 0.1) is 0 Å². The van der Waals surface area contributed by atoms with Crippen molar-refractivity contribution in [2.24, 2.45) is 0 Å². The predicted octanol–water partition coefficient (Wildman–Crippen LogP) is -0.838. The second kappa shape index (κ2) is 19.6. The van der Waals surface area contributed by atoms with Gasteiger partial charge in [-0.05, 0) is 13.0 Å². The molecule has 11 nitrogen and oxygen atoms in total. The van der Waals surface area contributed by atoms with Gasteiger partial charge in [0.15, 0.2) is 5.79 Å². The van der Waals surface area contributed by atoms with Gasteiger partial charge in [-0.15, -0.1) is 0 Å². The Hall–Kier alpha value is -0.890. The summed E-state index contributed by atoms with van der Waals surface area (Å²) >= 11 is 0. The van der Waals surface area contributed by atoms with E-state index in [1.54, 1.807) is 0 Å². The maximum atomic E-state index is 11.8. The highest BCUT2D eigenvalue weighted by Crippen LogP contribution is 2.28. The standard InChI is InChI=1S/C21H41NO10/c23-8-11-27-14-17-30-20(26)2-1-5-22-6-3-21(4-7-22,31-18-15-28-12-9-24)32-19-16-29-13-10-25/h23-25H,1-19H2. The van der Waals surface area contributed by atoms with Crippen molar-refractivity contribution in [1.82, 2.24) is 4.90 Å². The first kappa shape index (κ1) is 29.1. The van der Waals surface area contributed by atoms with Crippen molar-refractivity contribution < 1.29 is 48.5 Å². The van der Waals surface area contributed by atoms with Crippen molar-refractivity contribution in [1.29, 1.82) is 0 Å². The molecular formula is C21H41NO10. The van der Waals surface area contributed by atoms with E-state index in [-0.39, 0.29) is 58.8 Å². The summed E-state index contributed by atoms with van der Waals surface area (Å²) in [6, 6.07) is 0. The zero-order valence-corrected chi connectivity index (χ0v) is 19.1. The molecule has 0 radical (unpaired) electrons. The molecule has 1 aliphatic heterocycles. The van der Waals surface area contributed by atoms with E-state index in [4.69, 9.17) is 43.7 Å². The Balaban J connectivity index is 2.27. The summed E-state index contributed by atoms with van der Waals surface area (Å²) in [6.07, 6.45) is 2.41. The van der Waals surface area contributed by atoms with Gasteiger partial charge in [0.2, 0.25) is 0 Å². The van der Waals surface area contributed by atoms with Gasteiger partial charge in [-0.3, -0.25) is 4.79 Å². The highest BCUT2D eigenvalue weighted by atomic mass is 16.7. The fourth-order valence-electron chi connectivity index (χ4n) is 3.25. The lowest BCUT2D eigenvalue weighted by molar-refractivity contribution is -0.264. The average molecular weight is 468 g/mol. The molecule has 1 fully saturated rings. The SMILES string of the molecule is O=C(CCCN1CCC(OCCOCCO)(OCCOCCO)CC1)OCCOCCO. The van der Waals surface area contributed by atoms with Crippen molar-refractivity contribution in [2.45, 2.75) is 31.5 Å². The normalized spacial score (nSPS) is 16.3. The van der Waals surface area contributed by atoms with Gasteiger partial charge in [0, 0.05) is 32.4 Å². The van der Waals surface area contributed by atoms with E-state index in [0.29, 0.717) is 52.1 Å². The van der Waals surface area contributed by atoms with Crippen molar-refractivity contribution in [2.75, 3.05) is 98.9 Å². The molecule has 1 heterocycles. The van der Waals surface area contributed by atoms with Crippen LogP contribution in [-0.4, -0.2) is 131 Å². The first-order chi connectivity index (χ1) is 15.7. The fraction of sp³-hybridized carbons (Fsp3) is 0.952. The number of rotatable bonds is 21. The summed E-state index contributed by atoms with van der Waals surface area (Å²) in [7, 11) is 0. The number of aliphatic hydroxyl groups is 3. The first-order valence-corrected chi connectivity index (χ1v) is 11.4. The second-order valence-electron chi connectivity index (χ2n) is 7.28. The molecule has 32 heavy (non-hydrogen) atoms. The van der Waals surface area contributed by atoms with E-state index in [0.717, 1.165) is 19.6 Å². The summed E-state index contributed by atoms with van der Waals surface area (Å²) in [4.78, 5) is 14.0.